The Labute approximate surface area is 64.5 Å². The average Bonchev–Trinajstić information content (AvgIpc) is 1.38. The van der Waals surface area contributed by atoms with E-state index in [-0.39, 0.29) is 35.9 Å². The van der Waals surface area contributed by atoms with Gasteiger partial charge in [0, 0.05) is 17.1 Å². The molecule has 0 heterocycles. The van der Waals surface area contributed by atoms with Gasteiger partial charge < -0.3 is 9.79 Å². The van der Waals surface area contributed by atoms with Crippen LogP contribution in [0.25, 0.3) is 0 Å². The minimum atomic E-state index is -2.54. The van der Waals surface area contributed by atoms with Gasteiger partial charge in [0.2, 0.25) is 0 Å². The van der Waals surface area contributed by atoms with Gasteiger partial charge in [-0.15, -0.1) is 0 Å². The minimum absolute atomic E-state index is 0. The van der Waals surface area contributed by atoms with E-state index < -0.39 is 8.60 Å². The van der Waals surface area contributed by atoms with Crippen LogP contribution in [-0.2, 0) is 21.7 Å². The Hall–Kier alpha value is 1.39. The van der Waals surface area contributed by atoms with Crippen LogP contribution in [0, 0.1) is 0 Å². The van der Waals surface area contributed by atoms with Crippen molar-refractivity contribution in [2.75, 3.05) is 0 Å². The number of rotatable bonds is 1. The van der Waals surface area contributed by atoms with Crippen molar-refractivity contribution >= 4 is 27.5 Å². The van der Waals surface area contributed by atoms with Crippen LogP contribution in [0.4, 0.5) is 0 Å². The first kappa shape index (κ1) is 15.8. The van der Waals surface area contributed by atoms with Gasteiger partial charge in [0.25, 0.3) is 0 Å². The molecule has 0 amide bonds. The fraction of sp³-hybridized carbons (Fsp3) is 0. The van der Waals surface area contributed by atoms with Crippen LogP contribution < -0.4 is 0 Å². The van der Waals surface area contributed by atoms with Crippen LogP contribution >= 0.6 is 8.60 Å². The molecule has 0 aliphatic heterocycles. The second-order valence-electron chi connectivity index (χ2n) is 0.334. The number of hydrogen-bond acceptors (Lipinski definition) is 4. The summed E-state index contributed by atoms with van der Waals surface area (Å²) in [6.45, 7) is 0. The Bertz CT molecular complexity index is 25.7. The van der Waals surface area contributed by atoms with Crippen LogP contribution in [0.1, 0.15) is 0 Å². The van der Waals surface area contributed by atoms with Crippen LogP contribution in [0.2, 0.25) is 0 Å². The average molecular weight is 162 g/mol. The molecule has 0 bridgehead atoms. The molecule has 42 valence electrons. The molecule has 0 spiro atoms. The quantitative estimate of drug-likeness (QED) is 0.201. The molecule has 3 N–H and O–H groups in total. The third-order valence-electron chi connectivity index (χ3n) is 0.0730. The van der Waals surface area contributed by atoms with Crippen molar-refractivity contribution < 1.29 is 36.8 Å². The fourth-order valence-corrected chi connectivity index (χ4v) is 0. The molecule has 0 aliphatic carbocycles. The maximum absolute atomic E-state index is 7.51. The van der Waals surface area contributed by atoms with E-state index in [1.165, 1.54) is 0 Å². The topological polar surface area (TPSA) is 69.9 Å². The summed E-state index contributed by atoms with van der Waals surface area (Å²) in [6.07, 6.45) is 0. The van der Waals surface area contributed by atoms with Crippen molar-refractivity contribution in [1.29, 1.82) is 0 Å². The summed E-state index contributed by atoms with van der Waals surface area (Å²) in [5.41, 5.74) is 0. The van der Waals surface area contributed by atoms with Gasteiger partial charge in [0.15, 0.2) is 0 Å². The Kier molecular flexibility index (Phi) is 23.4. The molecule has 0 saturated heterocycles. The van der Waals surface area contributed by atoms with E-state index in [1.807, 2.05) is 0 Å². The van der Waals surface area contributed by atoms with E-state index in [0.717, 1.165) is 0 Å². The monoisotopic (exact) mass is 162 g/mol. The predicted octanol–water partition coefficient (Wildman–Crippen LogP) is -0.964. The van der Waals surface area contributed by atoms with Crippen molar-refractivity contribution in [3.63, 3.8) is 0 Å². The molecule has 0 aromatic carbocycles. The first-order valence-corrected chi connectivity index (χ1v) is 1.93. The Balaban J connectivity index is -0.0000000800. The molecule has 4 nitrogen and oxygen atoms in total. The van der Waals surface area contributed by atoms with E-state index in [9.17, 15) is 0 Å². The predicted molar refractivity (Wildman–Crippen MR) is 22.2 cm³/mol. The first-order valence-electron chi connectivity index (χ1n) is 0.765. The normalized spacial score (nSPS) is 6.86. The summed E-state index contributed by atoms with van der Waals surface area (Å²) in [6, 6.07) is 0. The summed E-state index contributed by atoms with van der Waals surface area (Å²) in [5, 5.41) is 7.17. The van der Waals surface area contributed by atoms with E-state index in [0.29, 0.717) is 0 Å². The third kappa shape index (κ3) is 18.7. The molecule has 0 aromatic rings. The molecule has 7 heteroatoms. The molecule has 0 radical (unpaired) electrons. The van der Waals surface area contributed by atoms with E-state index in [2.05, 4.69) is 4.67 Å². The second-order valence-corrected chi connectivity index (χ2v) is 1.00. The summed E-state index contributed by atoms with van der Waals surface area (Å²) in [5.74, 6) is 0. The third-order valence-corrected chi connectivity index (χ3v) is 0.219. The van der Waals surface area contributed by atoms with Gasteiger partial charge in [-0.25, -0.2) is 5.26 Å². The molecule has 0 aromatic heterocycles. The first-order chi connectivity index (χ1) is 2.27. The summed E-state index contributed by atoms with van der Waals surface area (Å²) in [4.78, 5) is 15.0. The van der Waals surface area contributed by atoms with Gasteiger partial charge >= 0.3 is 27.5 Å². The molecule has 0 rings (SSSR count). The summed E-state index contributed by atoms with van der Waals surface area (Å²) < 4.78 is 2.93. The number of hydrogen-bond donors (Lipinski definition) is 3. The molecule has 0 unspecified atom stereocenters. The summed E-state index contributed by atoms with van der Waals surface area (Å²) in [7, 11) is -2.54. The van der Waals surface area contributed by atoms with Crippen molar-refractivity contribution in [3.8, 4) is 0 Å². The zero-order valence-electron chi connectivity index (χ0n) is 2.55. The van der Waals surface area contributed by atoms with Gasteiger partial charge in [-0.2, -0.15) is 4.67 Å². The van der Waals surface area contributed by atoms with Crippen LogP contribution in [-0.4, -0.2) is 33.9 Å². The van der Waals surface area contributed by atoms with Gasteiger partial charge in [0.1, 0.15) is 0 Å². The van der Waals surface area contributed by atoms with Crippen LogP contribution in [0.5, 0.6) is 0 Å². The SMILES string of the molecule is OOP(O)O.[Fe].[LiH]. The molecule has 0 saturated carbocycles. The molecule has 0 atom stereocenters. The Morgan fingerprint density at radius 3 is 1.43 bits per heavy atom. The van der Waals surface area contributed by atoms with Crippen LogP contribution in [0.3, 0.4) is 0 Å². The zero-order chi connectivity index (χ0) is 4.28. The van der Waals surface area contributed by atoms with E-state index in [1.54, 1.807) is 0 Å². The van der Waals surface area contributed by atoms with Crippen molar-refractivity contribution in [1.82, 2.24) is 0 Å². The van der Waals surface area contributed by atoms with E-state index in [4.69, 9.17) is 15.0 Å². The standard InChI is InChI=1S/Fe.Li.H3O4P.H/c;;1-4-5(2)3;/h;;1-3H;. The van der Waals surface area contributed by atoms with Gasteiger partial charge in [-0.1, -0.05) is 0 Å². The molecule has 0 aliphatic rings. The fourth-order valence-electron chi connectivity index (χ4n) is 0. The second kappa shape index (κ2) is 10.4. The molecular weight excluding hydrogens is 158 g/mol. The Morgan fingerprint density at radius 1 is 1.29 bits per heavy atom. The van der Waals surface area contributed by atoms with Crippen molar-refractivity contribution in [2.24, 2.45) is 0 Å². The van der Waals surface area contributed by atoms with Gasteiger partial charge in [-0.3, -0.25) is 0 Å². The molecular formula is H4FeLiO4P. The van der Waals surface area contributed by atoms with Gasteiger partial charge in [0.05, 0.1) is 0 Å². The zero-order valence-corrected chi connectivity index (χ0v) is 4.55. The van der Waals surface area contributed by atoms with E-state index >= 15 is 0 Å². The summed E-state index contributed by atoms with van der Waals surface area (Å²) >= 11 is 0. The van der Waals surface area contributed by atoms with Crippen LogP contribution in [0.15, 0.2) is 0 Å². The maximum atomic E-state index is 7.51. The molecule has 0 fully saturated rings. The van der Waals surface area contributed by atoms with Crippen molar-refractivity contribution in [2.45, 2.75) is 0 Å². The van der Waals surface area contributed by atoms with Crippen molar-refractivity contribution in [3.05, 3.63) is 0 Å². The van der Waals surface area contributed by atoms with Gasteiger partial charge in [-0.05, 0) is 0 Å². The Morgan fingerprint density at radius 2 is 1.43 bits per heavy atom. The molecule has 7 heavy (non-hydrogen) atoms.